The number of hydrogen-bond acceptors (Lipinski definition) is 8. The number of nitrogens with zero attached hydrogens (tertiary/aromatic N) is 4. The molecule has 2 heterocycles. The summed E-state index contributed by atoms with van der Waals surface area (Å²) in [7, 11) is 0. The van der Waals surface area contributed by atoms with E-state index >= 15 is 0 Å². The average molecular weight is 387 g/mol. The lowest BCUT2D eigenvalue weighted by atomic mass is 10.2. The van der Waals surface area contributed by atoms with Gasteiger partial charge < -0.3 is 15.7 Å². The van der Waals surface area contributed by atoms with Crippen LogP contribution in [0, 0.1) is 10.1 Å². The van der Waals surface area contributed by atoms with Gasteiger partial charge in [0.15, 0.2) is 5.15 Å². The molecule has 27 heavy (non-hydrogen) atoms. The highest BCUT2D eigenvalue weighted by Crippen LogP contribution is 2.34. The van der Waals surface area contributed by atoms with E-state index in [1.807, 2.05) is 0 Å². The van der Waals surface area contributed by atoms with Crippen LogP contribution in [0.5, 0.6) is 0 Å². The van der Waals surface area contributed by atoms with Crippen LogP contribution in [0.1, 0.15) is 10.4 Å². The summed E-state index contributed by atoms with van der Waals surface area (Å²) >= 11 is 5.97. The predicted octanol–water partition coefficient (Wildman–Crippen LogP) is 3.62. The third-order valence-corrected chi connectivity index (χ3v) is 3.71. The summed E-state index contributed by atoms with van der Waals surface area (Å²) in [6.45, 7) is 0. The van der Waals surface area contributed by atoms with Gasteiger partial charge in [0.1, 0.15) is 6.33 Å². The fourth-order valence-electron chi connectivity index (χ4n) is 2.17. The second kappa shape index (κ2) is 7.62. The molecular weight excluding hydrogens is 376 g/mol. The molecule has 0 aliphatic carbocycles. The molecule has 11 heteroatoms. The van der Waals surface area contributed by atoms with Crippen LogP contribution in [0.3, 0.4) is 0 Å². The van der Waals surface area contributed by atoms with Gasteiger partial charge in [-0.1, -0.05) is 11.6 Å². The Balaban J connectivity index is 1.95. The molecule has 136 valence electrons. The Hall–Kier alpha value is -3.79. The standard InChI is InChI=1S/C16H11ClN6O4/c17-13-11(2-1-7-18-13)22-15-12(23(26)27)14(19-8-20-15)21-10-5-3-9(4-6-10)16(24)25/h1-8H,(H,24,25)(H2,19,20,21,22). The molecule has 1 aromatic carbocycles. The van der Waals surface area contributed by atoms with Gasteiger partial charge in [-0.25, -0.2) is 19.7 Å². The quantitative estimate of drug-likeness (QED) is 0.328. The average Bonchev–Trinajstić information content (AvgIpc) is 2.64. The molecule has 10 nitrogen and oxygen atoms in total. The summed E-state index contributed by atoms with van der Waals surface area (Å²) < 4.78 is 0. The summed E-state index contributed by atoms with van der Waals surface area (Å²) in [4.78, 5) is 33.5. The van der Waals surface area contributed by atoms with E-state index in [2.05, 4.69) is 25.6 Å². The van der Waals surface area contributed by atoms with E-state index in [1.54, 1.807) is 12.1 Å². The smallest absolute Gasteiger partial charge is 0.353 e. The summed E-state index contributed by atoms with van der Waals surface area (Å²) in [5.74, 6) is -1.22. The molecule has 3 rings (SSSR count). The lowest BCUT2D eigenvalue weighted by Gasteiger charge is -2.10. The van der Waals surface area contributed by atoms with Gasteiger partial charge in [0.2, 0.25) is 11.6 Å². The van der Waals surface area contributed by atoms with E-state index in [0.717, 1.165) is 6.33 Å². The van der Waals surface area contributed by atoms with E-state index in [0.29, 0.717) is 11.4 Å². The fourth-order valence-corrected chi connectivity index (χ4v) is 2.34. The molecule has 3 aromatic rings. The van der Waals surface area contributed by atoms with Gasteiger partial charge in [-0.3, -0.25) is 10.1 Å². The van der Waals surface area contributed by atoms with Crippen molar-refractivity contribution in [2.75, 3.05) is 10.6 Å². The SMILES string of the molecule is O=C(O)c1ccc(Nc2ncnc(Nc3cccnc3Cl)c2[N+](=O)[O-])cc1. The molecule has 0 fully saturated rings. The number of carbonyl (C=O) groups is 1. The van der Waals surface area contributed by atoms with Crippen LogP contribution in [-0.2, 0) is 0 Å². The highest BCUT2D eigenvalue weighted by atomic mass is 35.5. The maximum atomic E-state index is 11.6. The van der Waals surface area contributed by atoms with E-state index in [1.165, 1.54) is 30.5 Å². The lowest BCUT2D eigenvalue weighted by molar-refractivity contribution is -0.383. The molecule has 0 saturated carbocycles. The van der Waals surface area contributed by atoms with E-state index in [9.17, 15) is 14.9 Å². The highest BCUT2D eigenvalue weighted by Gasteiger charge is 2.24. The molecule has 0 amide bonds. The number of aromatic carboxylic acids is 1. The number of pyridine rings is 1. The van der Waals surface area contributed by atoms with Crippen molar-refractivity contribution in [3.05, 3.63) is 69.8 Å². The Kier molecular flexibility index (Phi) is 5.08. The first-order valence-electron chi connectivity index (χ1n) is 7.43. The Morgan fingerprint density at radius 3 is 2.33 bits per heavy atom. The zero-order chi connectivity index (χ0) is 19.4. The van der Waals surface area contributed by atoms with Crippen LogP contribution in [0.4, 0.5) is 28.7 Å². The van der Waals surface area contributed by atoms with Gasteiger partial charge >= 0.3 is 11.7 Å². The fraction of sp³-hybridized carbons (Fsp3) is 0. The Bertz CT molecular complexity index is 1010. The second-order valence-electron chi connectivity index (χ2n) is 5.15. The summed E-state index contributed by atoms with van der Waals surface area (Å²) in [6.07, 6.45) is 2.63. The number of carboxylic acids is 1. The number of benzene rings is 1. The normalized spacial score (nSPS) is 10.3. The van der Waals surface area contributed by atoms with E-state index in [-0.39, 0.29) is 22.4 Å². The van der Waals surface area contributed by atoms with Crippen LogP contribution in [0.25, 0.3) is 0 Å². The zero-order valence-corrected chi connectivity index (χ0v) is 14.2. The minimum absolute atomic E-state index is 0.0689. The molecule has 0 radical (unpaired) electrons. The number of nitrogens with one attached hydrogen (secondary N) is 2. The van der Waals surface area contributed by atoms with Crippen molar-refractivity contribution < 1.29 is 14.8 Å². The molecule has 2 aromatic heterocycles. The van der Waals surface area contributed by atoms with Crippen LogP contribution in [0.2, 0.25) is 5.15 Å². The van der Waals surface area contributed by atoms with Crippen LogP contribution in [-0.4, -0.2) is 31.0 Å². The van der Waals surface area contributed by atoms with Crippen LogP contribution < -0.4 is 10.6 Å². The molecule has 3 N–H and O–H groups in total. The van der Waals surface area contributed by atoms with Crippen LogP contribution in [0.15, 0.2) is 48.9 Å². The molecule has 0 unspecified atom stereocenters. The van der Waals surface area contributed by atoms with Crippen molar-refractivity contribution in [3.8, 4) is 0 Å². The topological polar surface area (TPSA) is 143 Å². The van der Waals surface area contributed by atoms with Gasteiger partial charge in [0.25, 0.3) is 0 Å². The Morgan fingerprint density at radius 2 is 1.74 bits per heavy atom. The molecule has 0 aliphatic heterocycles. The van der Waals surface area contributed by atoms with Crippen molar-refractivity contribution in [3.63, 3.8) is 0 Å². The second-order valence-corrected chi connectivity index (χ2v) is 5.51. The molecule has 0 atom stereocenters. The Labute approximate surface area is 157 Å². The number of rotatable bonds is 6. The maximum Gasteiger partial charge on any atom is 0.353 e. The number of anilines is 4. The van der Waals surface area contributed by atoms with Gasteiger partial charge in [-0.05, 0) is 36.4 Å². The van der Waals surface area contributed by atoms with Crippen LogP contribution >= 0.6 is 11.6 Å². The third-order valence-electron chi connectivity index (χ3n) is 3.41. The van der Waals surface area contributed by atoms with Gasteiger partial charge in [-0.2, -0.15) is 0 Å². The minimum atomic E-state index is -1.07. The van der Waals surface area contributed by atoms with Gasteiger partial charge in [-0.15, -0.1) is 0 Å². The zero-order valence-electron chi connectivity index (χ0n) is 13.5. The van der Waals surface area contributed by atoms with Crippen molar-refractivity contribution in [2.45, 2.75) is 0 Å². The number of aromatic nitrogens is 3. The number of halogens is 1. The summed E-state index contributed by atoms with van der Waals surface area (Å²) in [6, 6.07) is 8.89. The predicted molar refractivity (Wildman–Crippen MR) is 97.9 cm³/mol. The molecule has 0 spiro atoms. The van der Waals surface area contributed by atoms with Gasteiger partial charge in [0.05, 0.1) is 16.2 Å². The Morgan fingerprint density at radius 1 is 1.07 bits per heavy atom. The maximum absolute atomic E-state index is 11.6. The lowest BCUT2D eigenvalue weighted by Crippen LogP contribution is -2.06. The molecular formula is C16H11ClN6O4. The molecule has 0 saturated heterocycles. The summed E-state index contributed by atoms with van der Waals surface area (Å²) in [5, 5.41) is 26.2. The summed E-state index contributed by atoms with van der Waals surface area (Å²) in [5.41, 5.74) is 0.455. The van der Waals surface area contributed by atoms with Gasteiger partial charge in [0, 0.05) is 11.9 Å². The highest BCUT2D eigenvalue weighted by molar-refractivity contribution is 6.32. The number of hydrogen-bond donors (Lipinski definition) is 3. The van der Waals surface area contributed by atoms with E-state index in [4.69, 9.17) is 16.7 Å². The van der Waals surface area contributed by atoms with Crippen molar-refractivity contribution in [1.82, 2.24) is 15.0 Å². The first kappa shape index (κ1) is 18.0. The number of carboxylic acid groups (broad SMARTS) is 1. The minimum Gasteiger partial charge on any atom is -0.478 e. The van der Waals surface area contributed by atoms with Crippen molar-refractivity contribution in [2.24, 2.45) is 0 Å². The molecule has 0 bridgehead atoms. The van der Waals surface area contributed by atoms with Crippen molar-refractivity contribution in [1.29, 1.82) is 0 Å². The van der Waals surface area contributed by atoms with Crippen molar-refractivity contribution >= 4 is 46.3 Å². The van der Waals surface area contributed by atoms with E-state index < -0.39 is 16.6 Å². The number of nitro groups is 1. The molecule has 0 aliphatic rings. The monoisotopic (exact) mass is 386 g/mol. The first-order chi connectivity index (χ1) is 13.0. The third kappa shape index (κ3) is 4.07. The largest absolute Gasteiger partial charge is 0.478 e. The first-order valence-corrected chi connectivity index (χ1v) is 7.81.